The van der Waals surface area contributed by atoms with E-state index in [4.69, 9.17) is 20.3 Å². The lowest BCUT2D eigenvalue weighted by atomic mass is 10.0. The van der Waals surface area contributed by atoms with Crippen LogP contribution in [-0.4, -0.2) is 58.0 Å². The zero-order chi connectivity index (χ0) is 20.9. The second-order valence-electron chi connectivity index (χ2n) is 7.36. The molecule has 0 spiro atoms. The lowest BCUT2D eigenvalue weighted by Crippen LogP contribution is -2.57. The molecule has 10 heteroatoms. The molecule has 1 heterocycles. The summed E-state index contributed by atoms with van der Waals surface area (Å²) in [5, 5.41) is 2.80. The van der Waals surface area contributed by atoms with Crippen LogP contribution in [0.1, 0.15) is 31.4 Å². The minimum Gasteiger partial charge on any atom is -0.385 e. The number of aryl methyl sites for hydroxylation is 1. The molecule has 1 aromatic carbocycles. The summed E-state index contributed by atoms with van der Waals surface area (Å²) < 4.78 is 16.1. The van der Waals surface area contributed by atoms with Crippen LogP contribution in [0.25, 0.3) is 0 Å². The van der Waals surface area contributed by atoms with Gasteiger partial charge in [0.1, 0.15) is 5.84 Å². The maximum absolute atomic E-state index is 12.8. The second-order valence-corrected chi connectivity index (χ2v) is 9.14. The van der Waals surface area contributed by atoms with Crippen molar-refractivity contribution in [2.45, 2.75) is 39.3 Å². The number of ether oxygens (including phenoxy) is 1. The van der Waals surface area contributed by atoms with Crippen LogP contribution in [0.15, 0.2) is 23.2 Å². The molecule has 0 atom stereocenters. The molecule has 156 valence electrons. The first-order valence-electron chi connectivity index (χ1n) is 9.12. The molecular formula is C18H29N4O5P. The van der Waals surface area contributed by atoms with Crippen molar-refractivity contribution in [3.63, 3.8) is 0 Å². The lowest BCUT2D eigenvalue weighted by molar-refractivity contribution is 0.128. The van der Waals surface area contributed by atoms with Gasteiger partial charge in [-0.2, -0.15) is 0 Å². The average Bonchev–Trinajstić information content (AvgIpc) is 2.67. The number of rotatable bonds is 7. The van der Waals surface area contributed by atoms with E-state index in [0.29, 0.717) is 12.4 Å². The van der Waals surface area contributed by atoms with Gasteiger partial charge in [0, 0.05) is 13.2 Å². The van der Waals surface area contributed by atoms with Crippen molar-refractivity contribution in [2.75, 3.05) is 25.9 Å². The van der Waals surface area contributed by atoms with E-state index in [9.17, 15) is 9.36 Å². The van der Waals surface area contributed by atoms with Crippen LogP contribution < -0.4 is 11.1 Å². The smallest absolute Gasteiger partial charge is 0.325 e. The molecule has 0 radical (unpaired) electrons. The number of urea groups is 1. The van der Waals surface area contributed by atoms with Crippen LogP contribution in [0.5, 0.6) is 0 Å². The molecule has 1 aromatic rings. The number of nitrogens with two attached hydrogens (primary N) is 1. The van der Waals surface area contributed by atoms with E-state index in [1.807, 2.05) is 39.0 Å². The summed E-state index contributed by atoms with van der Waals surface area (Å²) in [7, 11) is -3.99. The van der Waals surface area contributed by atoms with Gasteiger partial charge < -0.3 is 30.5 Å². The third-order valence-electron chi connectivity index (χ3n) is 4.62. The van der Waals surface area contributed by atoms with E-state index < -0.39 is 13.1 Å². The molecule has 0 bridgehead atoms. The first kappa shape index (κ1) is 22.4. The molecule has 5 N–H and O–H groups in total. The number of hydrogen-bond donors (Lipinski definition) is 4. The molecule has 9 nitrogen and oxygen atoms in total. The zero-order valence-electron chi connectivity index (χ0n) is 16.5. The SMILES string of the molecule is Cc1ccc2c(c1)N=C(N)C(C)(C)N(C(=O)NCCOCCCP(=O)(O)O)C2. The van der Waals surface area contributed by atoms with Crippen molar-refractivity contribution in [3.8, 4) is 0 Å². The third-order valence-corrected chi connectivity index (χ3v) is 5.52. The molecule has 0 saturated heterocycles. The monoisotopic (exact) mass is 412 g/mol. The fourth-order valence-corrected chi connectivity index (χ4v) is 3.35. The Morgan fingerprint density at radius 1 is 1.39 bits per heavy atom. The lowest BCUT2D eigenvalue weighted by Gasteiger charge is -2.36. The maximum atomic E-state index is 12.8. The Balaban J connectivity index is 1.92. The van der Waals surface area contributed by atoms with Gasteiger partial charge >= 0.3 is 13.6 Å². The number of amides is 2. The number of fused-ring (bicyclic) bond motifs is 1. The van der Waals surface area contributed by atoms with Gasteiger partial charge in [-0.3, -0.25) is 4.57 Å². The maximum Gasteiger partial charge on any atom is 0.325 e. The Bertz CT molecular complexity index is 790. The molecular weight excluding hydrogens is 383 g/mol. The van der Waals surface area contributed by atoms with Gasteiger partial charge in [-0.15, -0.1) is 0 Å². The van der Waals surface area contributed by atoms with Crippen molar-refractivity contribution in [1.82, 2.24) is 10.2 Å². The van der Waals surface area contributed by atoms with E-state index in [0.717, 1.165) is 16.8 Å². The molecule has 2 rings (SSSR count). The highest BCUT2D eigenvalue weighted by molar-refractivity contribution is 7.51. The van der Waals surface area contributed by atoms with Crippen molar-refractivity contribution in [3.05, 3.63) is 29.3 Å². The molecule has 2 amide bonds. The Kier molecular flexibility index (Phi) is 7.22. The summed E-state index contributed by atoms with van der Waals surface area (Å²) in [6.45, 7) is 6.81. The topological polar surface area (TPSA) is 137 Å². The number of carbonyl (C=O) groups is 1. The van der Waals surface area contributed by atoms with Crippen LogP contribution in [0.3, 0.4) is 0 Å². The van der Waals surface area contributed by atoms with E-state index in [-0.39, 0.29) is 38.4 Å². The number of benzene rings is 1. The Labute approximate surface area is 165 Å². The fraction of sp³-hybridized carbons (Fsp3) is 0.556. The number of hydrogen-bond acceptors (Lipinski definition) is 5. The number of carbonyl (C=O) groups excluding carboxylic acids is 1. The third kappa shape index (κ3) is 6.04. The highest BCUT2D eigenvalue weighted by Gasteiger charge is 2.37. The van der Waals surface area contributed by atoms with Gasteiger partial charge in [-0.25, -0.2) is 9.79 Å². The minimum atomic E-state index is -3.99. The van der Waals surface area contributed by atoms with Crippen LogP contribution in [0, 0.1) is 6.92 Å². The summed E-state index contributed by atoms with van der Waals surface area (Å²) in [5.74, 6) is 0.362. The molecule has 28 heavy (non-hydrogen) atoms. The van der Waals surface area contributed by atoms with Crippen LogP contribution >= 0.6 is 7.60 Å². The fourth-order valence-electron chi connectivity index (χ4n) is 2.81. The summed E-state index contributed by atoms with van der Waals surface area (Å²) in [4.78, 5) is 36.5. The highest BCUT2D eigenvalue weighted by Crippen LogP contribution is 2.34. The molecule has 1 aliphatic heterocycles. The average molecular weight is 412 g/mol. The normalized spacial score (nSPS) is 16.2. The molecule has 0 fully saturated rings. The largest absolute Gasteiger partial charge is 0.385 e. The number of nitrogens with one attached hydrogen (secondary N) is 1. The van der Waals surface area contributed by atoms with Gasteiger partial charge in [0.15, 0.2) is 0 Å². The number of amidine groups is 1. The first-order chi connectivity index (χ1) is 13.0. The second kappa shape index (κ2) is 9.05. The first-order valence-corrected chi connectivity index (χ1v) is 10.9. The Morgan fingerprint density at radius 2 is 2.11 bits per heavy atom. The highest BCUT2D eigenvalue weighted by atomic mass is 31.2. The quantitative estimate of drug-likeness (QED) is 0.399. The van der Waals surface area contributed by atoms with Gasteiger partial charge in [-0.1, -0.05) is 12.1 Å². The number of aliphatic imine (C=N–C) groups is 1. The Morgan fingerprint density at radius 3 is 2.79 bits per heavy atom. The Hall–Kier alpha value is -1.93. The molecule has 1 aliphatic rings. The molecule has 0 aliphatic carbocycles. The standard InChI is InChI=1S/C18H29N4O5P/c1-13-5-6-14-12-22(18(2,3)16(19)21-15(14)11-13)17(23)20-7-9-27-8-4-10-28(24,25)26/h5-6,11H,4,7-10,12H2,1-3H3,(H2,19,21)(H,20,23)(H2,24,25,26). The zero-order valence-corrected chi connectivity index (χ0v) is 17.4. The van der Waals surface area contributed by atoms with Gasteiger partial charge in [0.25, 0.3) is 0 Å². The summed E-state index contributed by atoms with van der Waals surface area (Å²) >= 11 is 0. The summed E-state index contributed by atoms with van der Waals surface area (Å²) in [6, 6.07) is 5.60. The van der Waals surface area contributed by atoms with E-state index >= 15 is 0 Å². The van der Waals surface area contributed by atoms with Crippen molar-refractivity contribution < 1.29 is 23.9 Å². The van der Waals surface area contributed by atoms with E-state index in [2.05, 4.69) is 10.3 Å². The van der Waals surface area contributed by atoms with Crippen molar-refractivity contribution in [2.24, 2.45) is 10.7 Å². The van der Waals surface area contributed by atoms with Gasteiger partial charge in [0.05, 0.1) is 30.5 Å². The van der Waals surface area contributed by atoms with Gasteiger partial charge in [-0.05, 0) is 44.4 Å². The van der Waals surface area contributed by atoms with Crippen molar-refractivity contribution in [1.29, 1.82) is 0 Å². The predicted octanol–water partition coefficient (Wildman–Crippen LogP) is 1.87. The van der Waals surface area contributed by atoms with Crippen LogP contribution in [0.2, 0.25) is 0 Å². The molecule has 0 aromatic heterocycles. The predicted molar refractivity (Wildman–Crippen MR) is 108 cm³/mol. The van der Waals surface area contributed by atoms with Crippen LogP contribution in [0.4, 0.5) is 10.5 Å². The van der Waals surface area contributed by atoms with Gasteiger partial charge in [0.2, 0.25) is 0 Å². The molecule has 0 saturated carbocycles. The summed E-state index contributed by atoms with van der Waals surface area (Å²) in [5.41, 5.74) is 8.19. The van der Waals surface area contributed by atoms with Crippen LogP contribution in [-0.2, 0) is 15.8 Å². The minimum absolute atomic E-state index is 0.210. The molecule has 0 unspecified atom stereocenters. The van der Waals surface area contributed by atoms with Crippen molar-refractivity contribution >= 4 is 25.1 Å². The van der Waals surface area contributed by atoms with E-state index in [1.165, 1.54) is 0 Å². The van der Waals surface area contributed by atoms with E-state index in [1.54, 1.807) is 4.90 Å². The number of nitrogens with zero attached hydrogens (tertiary/aromatic N) is 2. The summed E-state index contributed by atoms with van der Waals surface area (Å²) in [6.07, 6.45) is 0.0550.